The van der Waals surface area contributed by atoms with Crippen molar-refractivity contribution in [1.82, 2.24) is 9.38 Å². The van der Waals surface area contributed by atoms with Gasteiger partial charge in [-0.25, -0.2) is 14.2 Å². The van der Waals surface area contributed by atoms with E-state index in [4.69, 9.17) is 4.74 Å². The average molecular weight is 354 g/mol. The maximum Gasteiger partial charge on any atom is 0.337 e. The van der Waals surface area contributed by atoms with Gasteiger partial charge in [-0.05, 0) is 30.3 Å². The van der Waals surface area contributed by atoms with E-state index in [2.05, 4.69) is 15.2 Å². The van der Waals surface area contributed by atoms with Gasteiger partial charge in [-0.15, -0.1) is 10.2 Å². The number of benzene rings is 1. The van der Waals surface area contributed by atoms with Gasteiger partial charge < -0.3 is 4.74 Å². The highest BCUT2D eigenvalue weighted by atomic mass is 19.1. The third kappa shape index (κ3) is 3.46. The van der Waals surface area contributed by atoms with Crippen molar-refractivity contribution < 1.29 is 13.9 Å². The average Bonchev–Trinajstić information content (AvgIpc) is 2.97. The molecular formula is C19H19FN4O2. The Labute approximate surface area is 150 Å². The number of hydrogen-bond acceptors (Lipinski definition) is 5. The summed E-state index contributed by atoms with van der Waals surface area (Å²) in [5.41, 5.74) is 1.86. The van der Waals surface area contributed by atoms with Crippen LogP contribution in [0.3, 0.4) is 0 Å². The Morgan fingerprint density at radius 2 is 1.96 bits per heavy atom. The fourth-order valence-corrected chi connectivity index (χ4v) is 2.52. The Morgan fingerprint density at radius 3 is 2.65 bits per heavy atom. The summed E-state index contributed by atoms with van der Waals surface area (Å²) in [6, 6.07) is 9.58. The SMILES string of the molecule is COC(=O)c1cccc(N=Nc2c(C(C)(C)C)nc3ccc(F)cn23)c1. The first-order chi connectivity index (χ1) is 12.3. The van der Waals surface area contributed by atoms with Crippen molar-refractivity contribution in [3.8, 4) is 0 Å². The minimum atomic E-state index is -0.450. The van der Waals surface area contributed by atoms with Crippen LogP contribution in [0.1, 0.15) is 36.8 Å². The first kappa shape index (κ1) is 17.7. The molecule has 0 saturated heterocycles. The number of imidazole rings is 1. The number of rotatable bonds is 3. The smallest absolute Gasteiger partial charge is 0.337 e. The van der Waals surface area contributed by atoms with E-state index < -0.39 is 5.97 Å². The molecule has 2 aromatic heterocycles. The summed E-state index contributed by atoms with van der Waals surface area (Å²) in [6.07, 6.45) is 1.33. The number of carbonyl (C=O) groups is 1. The first-order valence-corrected chi connectivity index (χ1v) is 8.08. The monoisotopic (exact) mass is 354 g/mol. The van der Waals surface area contributed by atoms with E-state index in [1.54, 1.807) is 34.7 Å². The van der Waals surface area contributed by atoms with Crippen molar-refractivity contribution >= 4 is 23.1 Å². The Bertz CT molecular complexity index is 1000. The lowest BCUT2D eigenvalue weighted by Gasteiger charge is -2.15. The molecule has 0 spiro atoms. The van der Waals surface area contributed by atoms with Crippen LogP contribution < -0.4 is 0 Å². The van der Waals surface area contributed by atoms with Crippen LogP contribution in [-0.4, -0.2) is 22.5 Å². The molecule has 0 bridgehead atoms. The Kier molecular flexibility index (Phi) is 4.54. The van der Waals surface area contributed by atoms with Gasteiger partial charge in [0, 0.05) is 11.6 Å². The topological polar surface area (TPSA) is 68.3 Å². The summed E-state index contributed by atoms with van der Waals surface area (Å²) in [5.74, 6) is -0.385. The third-order valence-corrected chi connectivity index (χ3v) is 3.80. The van der Waals surface area contributed by atoms with Gasteiger partial charge in [0.2, 0.25) is 0 Å². The minimum Gasteiger partial charge on any atom is -0.465 e. The highest BCUT2D eigenvalue weighted by Gasteiger charge is 2.24. The molecule has 3 aromatic rings. The summed E-state index contributed by atoms with van der Waals surface area (Å²) in [4.78, 5) is 16.2. The van der Waals surface area contributed by atoms with E-state index in [-0.39, 0.29) is 11.2 Å². The fourth-order valence-electron chi connectivity index (χ4n) is 2.52. The molecule has 26 heavy (non-hydrogen) atoms. The standard InChI is InChI=1S/C19H19FN4O2/c1-19(2,3)16-17(24-11-13(20)8-9-15(24)21-16)23-22-14-7-5-6-12(10-14)18(25)26-4/h5-11H,1-4H3. The van der Waals surface area contributed by atoms with Crippen LogP contribution in [0.25, 0.3) is 5.65 Å². The van der Waals surface area contributed by atoms with Crippen LogP contribution in [0.5, 0.6) is 0 Å². The maximum atomic E-state index is 13.7. The van der Waals surface area contributed by atoms with Crippen molar-refractivity contribution in [2.24, 2.45) is 10.2 Å². The molecule has 7 heteroatoms. The van der Waals surface area contributed by atoms with Crippen molar-refractivity contribution in [3.63, 3.8) is 0 Å². The number of fused-ring (bicyclic) bond motifs is 1. The largest absolute Gasteiger partial charge is 0.465 e. The van der Waals surface area contributed by atoms with E-state index in [0.29, 0.717) is 28.4 Å². The zero-order chi connectivity index (χ0) is 18.9. The Morgan fingerprint density at radius 1 is 1.19 bits per heavy atom. The number of esters is 1. The summed E-state index contributed by atoms with van der Waals surface area (Å²) in [7, 11) is 1.32. The predicted octanol–water partition coefficient (Wildman–Crippen LogP) is 4.97. The van der Waals surface area contributed by atoms with Gasteiger partial charge in [0.15, 0.2) is 5.82 Å². The van der Waals surface area contributed by atoms with Crippen LogP contribution >= 0.6 is 0 Å². The van der Waals surface area contributed by atoms with Gasteiger partial charge in [-0.3, -0.25) is 4.40 Å². The fraction of sp³-hybridized carbons (Fsp3) is 0.263. The summed E-state index contributed by atoms with van der Waals surface area (Å²) in [5, 5.41) is 8.52. The highest BCUT2D eigenvalue weighted by molar-refractivity contribution is 5.90. The molecule has 134 valence electrons. The molecule has 1 aromatic carbocycles. The van der Waals surface area contributed by atoms with Crippen molar-refractivity contribution in [2.75, 3.05) is 7.11 Å². The number of nitrogens with zero attached hydrogens (tertiary/aromatic N) is 4. The molecule has 0 aliphatic heterocycles. The molecule has 0 N–H and O–H groups in total. The number of ether oxygens (including phenoxy) is 1. The van der Waals surface area contributed by atoms with Crippen LogP contribution in [0.4, 0.5) is 15.9 Å². The summed E-state index contributed by atoms with van der Waals surface area (Å²) in [6.45, 7) is 6.01. The van der Waals surface area contributed by atoms with E-state index in [0.717, 1.165) is 0 Å². The minimum absolute atomic E-state index is 0.301. The number of carbonyl (C=O) groups excluding carboxylic acids is 1. The number of halogens is 1. The molecule has 0 aliphatic carbocycles. The van der Waals surface area contributed by atoms with Gasteiger partial charge in [0.05, 0.1) is 24.1 Å². The van der Waals surface area contributed by atoms with E-state index >= 15 is 0 Å². The highest BCUT2D eigenvalue weighted by Crippen LogP contribution is 2.33. The zero-order valence-corrected chi connectivity index (χ0v) is 15.0. The summed E-state index contributed by atoms with van der Waals surface area (Å²) >= 11 is 0. The number of aromatic nitrogens is 2. The normalized spacial score (nSPS) is 12.0. The first-order valence-electron chi connectivity index (χ1n) is 8.08. The van der Waals surface area contributed by atoms with E-state index in [1.807, 2.05) is 20.8 Å². The number of azo groups is 1. The summed E-state index contributed by atoms with van der Waals surface area (Å²) < 4.78 is 20.0. The Hall–Kier alpha value is -3.09. The third-order valence-electron chi connectivity index (χ3n) is 3.80. The van der Waals surface area contributed by atoms with Crippen molar-refractivity contribution in [3.05, 3.63) is 59.7 Å². The molecular weight excluding hydrogens is 335 g/mol. The Balaban J connectivity index is 2.09. The molecule has 0 fully saturated rings. The zero-order valence-electron chi connectivity index (χ0n) is 15.0. The molecule has 0 atom stereocenters. The lowest BCUT2D eigenvalue weighted by molar-refractivity contribution is 0.0601. The lowest BCUT2D eigenvalue weighted by atomic mass is 9.92. The van der Waals surface area contributed by atoms with Crippen molar-refractivity contribution in [2.45, 2.75) is 26.2 Å². The van der Waals surface area contributed by atoms with E-state index in [9.17, 15) is 9.18 Å². The van der Waals surface area contributed by atoms with Gasteiger partial charge in [0.25, 0.3) is 0 Å². The van der Waals surface area contributed by atoms with Crippen molar-refractivity contribution in [1.29, 1.82) is 0 Å². The molecule has 0 amide bonds. The lowest BCUT2D eigenvalue weighted by Crippen LogP contribution is -2.11. The van der Waals surface area contributed by atoms with Gasteiger partial charge >= 0.3 is 5.97 Å². The number of methoxy groups -OCH3 is 1. The molecule has 2 heterocycles. The molecule has 0 aliphatic rings. The molecule has 0 radical (unpaired) electrons. The number of hydrogen-bond donors (Lipinski definition) is 0. The molecule has 6 nitrogen and oxygen atoms in total. The van der Waals surface area contributed by atoms with Crippen LogP contribution in [0, 0.1) is 5.82 Å². The quantitative estimate of drug-likeness (QED) is 0.492. The molecule has 0 unspecified atom stereocenters. The maximum absolute atomic E-state index is 13.7. The number of pyridine rings is 1. The molecule has 0 saturated carbocycles. The van der Waals surface area contributed by atoms with Crippen LogP contribution in [-0.2, 0) is 10.2 Å². The van der Waals surface area contributed by atoms with E-state index in [1.165, 1.54) is 19.4 Å². The second-order valence-electron chi connectivity index (χ2n) is 6.85. The predicted molar refractivity (Wildman–Crippen MR) is 95.8 cm³/mol. The second kappa shape index (κ2) is 6.67. The van der Waals surface area contributed by atoms with Gasteiger partial charge in [0.1, 0.15) is 11.5 Å². The van der Waals surface area contributed by atoms with Crippen LogP contribution in [0.15, 0.2) is 52.8 Å². The second-order valence-corrected chi connectivity index (χ2v) is 6.85. The molecule has 3 rings (SSSR count). The van der Waals surface area contributed by atoms with Crippen LogP contribution in [0.2, 0.25) is 0 Å². The van der Waals surface area contributed by atoms with Gasteiger partial charge in [-0.2, -0.15) is 0 Å². The van der Waals surface area contributed by atoms with Gasteiger partial charge in [-0.1, -0.05) is 26.8 Å².